The topological polar surface area (TPSA) is 128 Å². The zero-order valence-corrected chi connectivity index (χ0v) is 36.1. The molecule has 6 rings (SSSR count). The van der Waals surface area contributed by atoms with E-state index in [0.29, 0.717) is 43.9 Å². The van der Waals surface area contributed by atoms with Gasteiger partial charge in [0.1, 0.15) is 6.33 Å². The quantitative estimate of drug-likeness (QED) is 0.206. The second-order valence-corrected chi connectivity index (χ2v) is 21.3. The molecule has 1 aromatic heterocycles. The summed E-state index contributed by atoms with van der Waals surface area (Å²) in [5.74, 6) is 0.222. The molecule has 10 nitrogen and oxygen atoms in total. The average molecular weight is 752 g/mol. The second-order valence-electron chi connectivity index (χ2n) is 21.3. The maximum atomic E-state index is 13.7. The lowest BCUT2D eigenvalue weighted by Gasteiger charge is -2.71. The number of nitrogens with one attached hydrogen (secondary N) is 2. The number of carbonyl (C=O) groups excluding carboxylic acids is 1. The molecule has 0 unspecified atom stereocenters. The molecule has 3 saturated carbocycles. The first-order valence-electron chi connectivity index (χ1n) is 21.0. The van der Waals surface area contributed by atoms with Gasteiger partial charge in [0.15, 0.2) is 0 Å². The van der Waals surface area contributed by atoms with E-state index in [1.807, 2.05) is 25.6 Å². The van der Waals surface area contributed by atoms with E-state index < -0.39 is 17.3 Å². The number of rotatable bonds is 10. The molecule has 4 aliphatic carbocycles. The van der Waals surface area contributed by atoms with Gasteiger partial charge in [-0.25, -0.2) is 9.67 Å². The number of ether oxygens (including phenoxy) is 2. The first-order valence-corrected chi connectivity index (χ1v) is 21.0. The second kappa shape index (κ2) is 13.7. The van der Waals surface area contributed by atoms with Crippen LogP contribution in [-0.2, 0) is 14.3 Å². The lowest BCUT2D eigenvalue weighted by molar-refractivity contribution is -0.254. The van der Waals surface area contributed by atoms with Gasteiger partial charge in [0.2, 0.25) is 5.82 Å². The molecule has 1 aromatic rings. The fourth-order valence-corrected chi connectivity index (χ4v) is 13.0. The van der Waals surface area contributed by atoms with E-state index in [0.717, 1.165) is 32.1 Å². The van der Waals surface area contributed by atoms with Gasteiger partial charge in [-0.1, -0.05) is 80.9 Å². The van der Waals surface area contributed by atoms with Crippen LogP contribution in [-0.4, -0.2) is 76.3 Å². The van der Waals surface area contributed by atoms with E-state index in [1.54, 1.807) is 0 Å². The van der Waals surface area contributed by atoms with Crippen molar-refractivity contribution in [2.75, 3.05) is 26.9 Å². The summed E-state index contributed by atoms with van der Waals surface area (Å²) in [5, 5.41) is 22.6. The first-order chi connectivity index (χ1) is 25.0. The summed E-state index contributed by atoms with van der Waals surface area (Å²) in [7, 11) is 2.01. The Kier molecular flexibility index (Phi) is 10.5. The van der Waals surface area contributed by atoms with Gasteiger partial charge >= 0.3 is 5.97 Å². The molecule has 10 heteroatoms. The Labute approximate surface area is 325 Å². The van der Waals surface area contributed by atoms with Crippen molar-refractivity contribution < 1.29 is 24.2 Å². The number of aliphatic carboxylic acids is 1. The maximum absolute atomic E-state index is 13.7. The van der Waals surface area contributed by atoms with E-state index in [1.165, 1.54) is 11.9 Å². The number of carboxylic acids is 1. The van der Waals surface area contributed by atoms with Crippen LogP contribution in [0.4, 0.5) is 0 Å². The fourth-order valence-electron chi connectivity index (χ4n) is 13.0. The molecule has 54 heavy (non-hydrogen) atoms. The third-order valence-corrected chi connectivity index (χ3v) is 17.4. The van der Waals surface area contributed by atoms with Crippen LogP contribution >= 0.6 is 0 Å². The van der Waals surface area contributed by atoms with Gasteiger partial charge < -0.3 is 25.2 Å². The predicted octanol–water partition coefficient (Wildman–Crippen LogP) is 7.96. The fraction of sp³-hybridized carbons (Fsp3) is 0.864. The normalized spacial score (nSPS) is 40.9. The standard InChI is InChI=1S/C44H73N5O5/c1-26(2)28(5)39(9)19-20-41(11)29-15-16-32-40(10)22-53-24-44(32,30(29)17-18-42(41,12)33(39)37(51)52)21-31(34(40)54-23-43(13,45-14)38(6,7)8)49-35(46-25-47-49)36(50)48-27(3)4/h17,25-29,31-34,45H,15-16,18-24H2,1-14H3,(H,48,50)(H,51,52)/t28-,29+,31-,32+,33-,34+,39-,40-,41-,42+,43+,44+/m1/s1. The van der Waals surface area contributed by atoms with Crippen LogP contribution in [0.3, 0.4) is 0 Å². The molecule has 304 valence electrons. The van der Waals surface area contributed by atoms with Gasteiger partial charge in [-0.15, -0.1) is 0 Å². The van der Waals surface area contributed by atoms with Gasteiger partial charge in [0, 0.05) is 22.4 Å². The zero-order chi connectivity index (χ0) is 40.0. The predicted molar refractivity (Wildman–Crippen MR) is 212 cm³/mol. The molecule has 12 atom stereocenters. The number of carbonyl (C=O) groups is 2. The van der Waals surface area contributed by atoms with Gasteiger partial charge in [-0.3, -0.25) is 9.59 Å². The Morgan fingerprint density at radius 3 is 2.31 bits per heavy atom. The molecule has 3 N–H and O–H groups in total. The number of carboxylic acid groups (broad SMARTS) is 1. The monoisotopic (exact) mass is 752 g/mol. The smallest absolute Gasteiger partial charge is 0.307 e. The van der Waals surface area contributed by atoms with Crippen LogP contribution in [0.1, 0.15) is 145 Å². The number of likely N-dealkylation sites (N-methyl/N-ethyl adjacent to an activating group) is 1. The van der Waals surface area contributed by atoms with Crippen molar-refractivity contribution in [1.29, 1.82) is 0 Å². The third-order valence-electron chi connectivity index (χ3n) is 17.4. The van der Waals surface area contributed by atoms with E-state index >= 15 is 0 Å². The van der Waals surface area contributed by atoms with Crippen molar-refractivity contribution in [2.24, 2.45) is 62.1 Å². The van der Waals surface area contributed by atoms with Crippen molar-refractivity contribution >= 4 is 11.9 Å². The van der Waals surface area contributed by atoms with Crippen LogP contribution in [0, 0.1) is 62.1 Å². The third kappa shape index (κ3) is 5.87. The average Bonchev–Trinajstić information content (AvgIpc) is 3.57. The minimum Gasteiger partial charge on any atom is -0.481 e. The molecule has 4 fully saturated rings. The highest BCUT2D eigenvalue weighted by Crippen LogP contribution is 2.75. The Morgan fingerprint density at radius 2 is 1.72 bits per heavy atom. The maximum Gasteiger partial charge on any atom is 0.307 e. The van der Waals surface area contributed by atoms with Crippen LogP contribution in [0.5, 0.6) is 0 Å². The molecule has 1 saturated heterocycles. The molecule has 0 spiro atoms. The van der Waals surface area contributed by atoms with Crippen molar-refractivity contribution in [3.05, 3.63) is 23.8 Å². The van der Waals surface area contributed by atoms with Gasteiger partial charge in [0.05, 0.1) is 37.9 Å². The first kappa shape index (κ1) is 41.3. The summed E-state index contributed by atoms with van der Waals surface area (Å²) in [6.45, 7) is 30.7. The van der Waals surface area contributed by atoms with Crippen molar-refractivity contribution in [2.45, 2.75) is 152 Å². The van der Waals surface area contributed by atoms with Gasteiger partial charge in [-0.2, -0.15) is 5.10 Å². The number of aromatic nitrogens is 3. The molecule has 0 radical (unpaired) electrons. The molecule has 0 aromatic carbocycles. The van der Waals surface area contributed by atoms with Crippen LogP contribution in [0.15, 0.2) is 18.0 Å². The summed E-state index contributed by atoms with van der Waals surface area (Å²) in [6.07, 6.45) is 9.14. The van der Waals surface area contributed by atoms with E-state index in [9.17, 15) is 14.7 Å². The summed E-state index contributed by atoms with van der Waals surface area (Å²) in [6, 6.07) is -0.310. The Bertz CT molecular complexity index is 1630. The molecule has 1 amide bonds. The summed E-state index contributed by atoms with van der Waals surface area (Å²) >= 11 is 0. The minimum atomic E-state index is -0.643. The summed E-state index contributed by atoms with van der Waals surface area (Å²) < 4.78 is 15.9. The molecular formula is C44H73N5O5. The molecule has 2 bridgehead atoms. The van der Waals surface area contributed by atoms with E-state index in [-0.39, 0.29) is 68.5 Å². The van der Waals surface area contributed by atoms with Crippen molar-refractivity contribution in [3.63, 3.8) is 0 Å². The molecule has 5 aliphatic rings. The SMILES string of the molecule is CN[C@@](C)(CO[C@H]1[C@H](n2ncnc2C(=O)NC(C)C)C[C@@]23COC[C@]1(C)[C@@H]2CC[C@H]1C3=CC[C@@]2(C)[C@H](C(=O)O)[C@@](C)([C@H](C)C(C)C)CC[C@]12C)C(C)(C)C. The molecule has 1 aliphatic heterocycles. The van der Waals surface area contributed by atoms with Crippen LogP contribution in [0.25, 0.3) is 0 Å². The Balaban J connectivity index is 1.48. The van der Waals surface area contributed by atoms with Crippen molar-refractivity contribution in [3.8, 4) is 0 Å². The lowest BCUT2D eigenvalue weighted by atomic mass is 9.34. The number of amides is 1. The number of nitrogens with zero attached hydrogens (tertiary/aromatic N) is 3. The van der Waals surface area contributed by atoms with Crippen LogP contribution < -0.4 is 10.6 Å². The highest BCUT2D eigenvalue weighted by molar-refractivity contribution is 5.90. The minimum absolute atomic E-state index is 0.0468. The lowest BCUT2D eigenvalue weighted by Crippen LogP contribution is -2.69. The summed E-state index contributed by atoms with van der Waals surface area (Å²) in [5.41, 5.74) is -0.502. The largest absolute Gasteiger partial charge is 0.481 e. The molecule has 2 heterocycles. The Hall–Kier alpha value is -2.30. The zero-order valence-electron chi connectivity index (χ0n) is 36.1. The Morgan fingerprint density at radius 1 is 1.04 bits per heavy atom. The molecular weight excluding hydrogens is 679 g/mol. The van der Waals surface area contributed by atoms with Crippen molar-refractivity contribution in [1.82, 2.24) is 25.4 Å². The number of hydrogen-bond acceptors (Lipinski definition) is 7. The van der Waals surface area contributed by atoms with Gasteiger partial charge in [0.25, 0.3) is 5.91 Å². The van der Waals surface area contributed by atoms with Gasteiger partial charge in [-0.05, 0) is 112 Å². The van der Waals surface area contributed by atoms with E-state index in [2.05, 4.69) is 97.9 Å². The number of hydrogen-bond donors (Lipinski definition) is 3. The highest BCUT2D eigenvalue weighted by atomic mass is 16.5. The summed E-state index contributed by atoms with van der Waals surface area (Å²) in [4.78, 5) is 31.8. The van der Waals surface area contributed by atoms with E-state index in [4.69, 9.17) is 14.6 Å². The number of allylic oxidation sites excluding steroid dienone is 1. The highest BCUT2D eigenvalue weighted by Gasteiger charge is 2.72. The van der Waals surface area contributed by atoms with Crippen LogP contribution in [0.2, 0.25) is 0 Å². The number of fused-ring (bicyclic) bond motifs is 3.